The zero-order chi connectivity index (χ0) is 13.5. The Labute approximate surface area is 115 Å². The van der Waals surface area contributed by atoms with Gasteiger partial charge in [0.2, 0.25) is 0 Å². The molecule has 2 rings (SSSR count). The lowest BCUT2D eigenvalue weighted by Gasteiger charge is -2.19. The molecule has 1 N–H and O–H groups in total. The molecule has 0 heterocycles. The van der Waals surface area contributed by atoms with Crippen molar-refractivity contribution in [1.29, 1.82) is 0 Å². The van der Waals surface area contributed by atoms with Crippen molar-refractivity contribution in [2.24, 2.45) is 0 Å². The molecule has 0 aliphatic rings. The van der Waals surface area contributed by atoms with E-state index < -0.39 is 0 Å². The molecule has 19 heavy (non-hydrogen) atoms. The summed E-state index contributed by atoms with van der Waals surface area (Å²) in [6.07, 6.45) is 0.955. The van der Waals surface area contributed by atoms with Gasteiger partial charge in [0, 0.05) is 12.5 Å². The van der Waals surface area contributed by atoms with Gasteiger partial charge in [0.15, 0.2) is 0 Å². The third-order valence-corrected chi connectivity index (χ3v) is 3.33. The lowest BCUT2D eigenvalue weighted by molar-refractivity contribution is 0.290. The number of hydrogen-bond acceptors (Lipinski definition) is 2. The van der Waals surface area contributed by atoms with E-state index in [4.69, 9.17) is 4.74 Å². The average Bonchev–Trinajstić information content (AvgIpc) is 2.46. The molecule has 0 aliphatic carbocycles. The van der Waals surface area contributed by atoms with Crippen molar-refractivity contribution in [2.45, 2.75) is 19.4 Å². The predicted molar refractivity (Wildman–Crippen MR) is 79.5 cm³/mol. The molecule has 0 radical (unpaired) electrons. The number of rotatable bonds is 6. The topological polar surface area (TPSA) is 21.3 Å². The van der Waals surface area contributed by atoms with E-state index in [-0.39, 0.29) is 0 Å². The van der Waals surface area contributed by atoms with E-state index in [0.29, 0.717) is 12.6 Å². The van der Waals surface area contributed by atoms with Crippen molar-refractivity contribution in [3.05, 3.63) is 65.7 Å². The second-order valence-corrected chi connectivity index (χ2v) is 4.65. The standard InChI is InChI=1S/C17H21NO/c1-14-8-6-7-11-16(14)17(18-2)12-13-19-15-9-4-3-5-10-15/h3-11,17-18H,12-13H2,1-2H3. The molecule has 2 aromatic rings. The minimum absolute atomic E-state index is 0.338. The summed E-state index contributed by atoms with van der Waals surface area (Å²) < 4.78 is 5.76. The summed E-state index contributed by atoms with van der Waals surface area (Å²) in [5.74, 6) is 0.933. The predicted octanol–water partition coefficient (Wildman–Crippen LogP) is 3.72. The van der Waals surface area contributed by atoms with E-state index in [1.807, 2.05) is 37.4 Å². The third-order valence-electron chi connectivity index (χ3n) is 3.33. The van der Waals surface area contributed by atoms with Gasteiger partial charge in [0.05, 0.1) is 6.61 Å². The molecule has 2 heteroatoms. The molecule has 2 nitrogen and oxygen atoms in total. The highest BCUT2D eigenvalue weighted by molar-refractivity contribution is 5.28. The molecular weight excluding hydrogens is 234 g/mol. The monoisotopic (exact) mass is 255 g/mol. The molecule has 0 aromatic heterocycles. The average molecular weight is 255 g/mol. The van der Waals surface area contributed by atoms with Gasteiger partial charge in [-0.2, -0.15) is 0 Å². The minimum Gasteiger partial charge on any atom is -0.494 e. The van der Waals surface area contributed by atoms with Crippen LogP contribution in [0.2, 0.25) is 0 Å². The van der Waals surface area contributed by atoms with E-state index in [0.717, 1.165) is 12.2 Å². The van der Waals surface area contributed by atoms with Gasteiger partial charge >= 0.3 is 0 Å². The maximum absolute atomic E-state index is 5.76. The van der Waals surface area contributed by atoms with Gasteiger partial charge < -0.3 is 10.1 Å². The maximum Gasteiger partial charge on any atom is 0.119 e. The fraction of sp³-hybridized carbons (Fsp3) is 0.294. The van der Waals surface area contributed by atoms with Crippen molar-refractivity contribution in [1.82, 2.24) is 5.32 Å². The fourth-order valence-electron chi connectivity index (χ4n) is 2.24. The Kier molecular flexibility index (Phi) is 4.99. The van der Waals surface area contributed by atoms with Crippen molar-refractivity contribution >= 4 is 0 Å². The van der Waals surface area contributed by atoms with Gasteiger partial charge in [-0.05, 0) is 37.2 Å². The first-order chi connectivity index (χ1) is 9.31. The van der Waals surface area contributed by atoms with E-state index in [2.05, 4.69) is 36.5 Å². The number of benzene rings is 2. The first kappa shape index (κ1) is 13.6. The van der Waals surface area contributed by atoms with Crippen LogP contribution >= 0.6 is 0 Å². The van der Waals surface area contributed by atoms with Gasteiger partial charge in [0.1, 0.15) is 5.75 Å². The second-order valence-electron chi connectivity index (χ2n) is 4.65. The summed E-state index contributed by atoms with van der Waals surface area (Å²) in [6, 6.07) is 18.8. The maximum atomic E-state index is 5.76. The number of nitrogens with one attached hydrogen (secondary N) is 1. The van der Waals surface area contributed by atoms with Gasteiger partial charge in [-0.25, -0.2) is 0 Å². The summed E-state index contributed by atoms with van der Waals surface area (Å²) in [5.41, 5.74) is 2.67. The Morgan fingerprint density at radius 3 is 2.37 bits per heavy atom. The highest BCUT2D eigenvalue weighted by atomic mass is 16.5. The summed E-state index contributed by atoms with van der Waals surface area (Å²) in [4.78, 5) is 0. The van der Waals surface area contributed by atoms with Gasteiger partial charge in [-0.1, -0.05) is 42.5 Å². The Bertz CT molecular complexity index is 496. The van der Waals surface area contributed by atoms with Crippen molar-refractivity contribution in [2.75, 3.05) is 13.7 Å². The normalized spacial score (nSPS) is 12.1. The van der Waals surface area contributed by atoms with Crippen LogP contribution in [0.15, 0.2) is 54.6 Å². The Hall–Kier alpha value is -1.80. The lowest BCUT2D eigenvalue weighted by Crippen LogP contribution is -2.19. The molecule has 0 saturated carbocycles. The van der Waals surface area contributed by atoms with Gasteiger partial charge in [-0.15, -0.1) is 0 Å². The second kappa shape index (κ2) is 6.95. The molecule has 0 bridgehead atoms. The first-order valence-electron chi connectivity index (χ1n) is 6.72. The minimum atomic E-state index is 0.338. The van der Waals surface area contributed by atoms with Crippen LogP contribution in [0.5, 0.6) is 5.75 Å². The molecule has 1 unspecified atom stereocenters. The van der Waals surface area contributed by atoms with Crippen LogP contribution in [0.4, 0.5) is 0 Å². The van der Waals surface area contributed by atoms with E-state index in [1.54, 1.807) is 0 Å². The van der Waals surface area contributed by atoms with Crippen molar-refractivity contribution < 1.29 is 4.74 Å². The molecule has 2 aromatic carbocycles. The van der Waals surface area contributed by atoms with E-state index in [1.165, 1.54) is 11.1 Å². The quantitative estimate of drug-likeness (QED) is 0.849. The summed E-state index contributed by atoms with van der Waals surface area (Å²) in [7, 11) is 2.00. The van der Waals surface area contributed by atoms with E-state index >= 15 is 0 Å². The fourth-order valence-corrected chi connectivity index (χ4v) is 2.24. The van der Waals surface area contributed by atoms with Crippen LogP contribution in [0.3, 0.4) is 0 Å². The molecule has 0 aliphatic heterocycles. The number of hydrogen-bond donors (Lipinski definition) is 1. The molecule has 0 spiro atoms. The summed E-state index contributed by atoms with van der Waals surface area (Å²) >= 11 is 0. The zero-order valence-electron chi connectivity index (χ0n) is 11.6. The van der Waals surface area contributed by atoms with Crippen LogP contribution < -0.4 is 10.1 Å². The van der Waals surface area contributed by atoms with Crippen LogP contribution in [-0.2, 0) is 0 Å². The number of ether oxygens (including phenoxy) is 1. The van der Waals surface area contributed by atoms with Crippen LogP contribution in [-0.4, -0.2) is 13.7 Å². The summed E-state index contributed by atoms with van der Waals surface area (Å²) in [5, 5.41) is 3.37. The zero-order valence-corrected chi connectivity index (χ0v) is 11.6. The lowest BCUT2D eigenvalue weighted by atomic mass is 9.99. The SMILES string of the molecule is CNC(CCOc1ccccc1)c1ccccc1C. The Morgan fingerprint density at radius 1 is 1.00 bits per heavy atom. The van der Waals surface area contributed by atoms with Crippen LogP contribution in [0.25, 0.3) is 0 Å². The summed E-state index contributed by atoms with van der Waals surface area (Å²) in [6.45, 7) is 2.86. The highest BCUT2D eigenvalue weighted by Crippen LogP contribution is 2.20. The van der Waals surface area contributed by atoms with Crippen molar-refractivity contribution in [3.63, 3.8) is 0 Å². The smallest absolute Gasteiger partial charge is 0.119 e. The van der Waals surface area contributed by atoms with Gasteiger partial charge in [-0.3, -0.25) is 0 Å². The Balaban J connectivity index is 1.92. The molecular formula is C17H21NO. The molecule has 0 fully saturated rings. The van der Waals surface area contributed by atoms with Crippen LogP contribution in [0, 0.1) is 6.92 Å². The molecule has 0 amide bonds. The van der Waals surface area contributed by atoms with Crippen molar-refractivity contribution in [3.8, 4) is 5.75 Å². The van der Waals surface area contributed by atoms with Crippen LogP contribution in [0.1, 0.15) is 23.6 Å². The first-order valence-corrected chi connectivity index (χ1v) is 6.72. The molecule has 1 atom stereocenters. The Morgan fingerprint density at radius 2 is 1.68 bits per heavy atom. The highest BCUT2D eigenvalue weighted by Gasteiger charge is 2.11. The largest absolute Gasteiger partial charge is 0.494 e. The molecule has 100 valence electrons. The number of aryl methyl sites for hydroxylation is 1. The van der Waals surface area contributed by atoms with E-state index in [9.17, 15) is 0 Å². The third kappa shape index (κ3) is 3.83. The number of para-hydroxylation sites is 1. The molecule has 0 saturated heterocycles. The van der Waals surface area contributed by atoms with Gasteiger partial charge in [0.25, 0.3) is 0 Å².